The fourth-order valence-corrected chi connectivity index (χ4v) is 4.35. The van der Waals surface area contributed by atoms with E-state index in [2.05, 4.69) is 50.4 Å². The third-order valence-electron chi connectivity index (χ3n) is 4.72. The number of nitrogens with zero attached hydrogens (tertiary/aromatic N) is 1. The van der Waals surface area contributed by atoms with Crippen LogP contribution in [0.25, 0.3) is 0 Å². The molecule has 3 rings (SSSR count). The van der Waals surface area contributed by atoms with Gasteiger partial charge in [0.2, 0.25) is 11.8 Å². The molecule has 2 aromatic rings. The van der Waals surface area contributed by atoms with Crippen molar-refractivity contribution in [1.82, 2.24) is 4.90 Å². The summed E-state index contributed by atoms with van der Waals surface area (Å²) in [5.74, 6) is -0.190. The second-order valence-electron chi connectivity index (χ2n) is 7.93. The standard InChI is InChI=1S/C22H25FN2O2S/c1-22(2,3)16-9-7-15(8-10-16)21-25(20(27)14-28-21)12-11-19(26)24-18-6-4-5-17(23)13-18/h4-10,13,21H,11-12,14H2,1-3H3,(H,24,26)/t21-/m1/s1. The lowest BCUT2D eigenvalue weighted by atomic mass is 9.86. The van der Waals surface area contributed by atoms with Crippen molar-refractivity contribution in [3.8, 4) is 0 Å². The Kier molecular flexibility index (Phi) is 6.08. The molecule has 1 heterocycles. The second kappa shape index (κ2) is 8.35. The van der Waals surface area contributed by atoms with Crippen molar-refractivity contribution in [2.75, 3.05) is 17.6 Å². The van der Waals surface area contributed by atoms with Crippen molar-refractivity contribution >= 4 is 29.3 Å². The van der Waals surface area contributed by atoms with E-state index in [1.807, 2.05) is 0 Å². The van der Waals surface area contributed by atoms with Gasteiger partial charge in [0.25, 0.3) is 0 Å². The monoisotopic (exact) mass is 400 g/mol. The highest BCUT2D eigenvalue weighted by atomic mass is 32.2. The Morgan fingerprint density at radius 3 is 2.57 bits per heavy atom. The maximum Gasteiger partial charge on any atom is 0.233 e. The third-order valence-corrected chi connectivity index (χ3v) is 5.97. The number of rotatable bonds is 5. The molecule has 4 nitrogen and oxygen atoms in total. The summed E-state index contributed by atoms with van der Waals surface area (Å²) in [7, 11) is 0. The molecule has 148 valence electrons. The van der Waals surface area contributed by atoms with E-state index in [0.29, 0.717) is 18.0 Å². The highest BCUT2D eigenvalue weighted by Crippen LogP contribution is 2.39. The molecule has 1 N–H and O–H groups in total. The summed E-state index contributed by atoms with van der Waals surface area (Å²) in [6.45, 7) is 6.83. The van der Waals surface area contributed by atoms with Gasteiger partial charge in [-0.3, -0.25) is 9.59 Å². The van der Waals surface area contributed by atoms with Crippen molar-refractivity contribution < 1.29 is 14.0 Å². The van der Waals surface area contributed by atoms with E-state index in [4.69, 9.17) is 0 Å². The van der Waals surface area contributed by atoms with E-state index in [1.54, 1.807) is 28.8 Å². The Bertz CT molecular complexity index is 862. The zero-order chi connectivity index (χ0) is 20.3. The van der Waals surface area contributed by atoms with Crippen molar-refractivity contribution in [1.29, 1.82) is 0 Å². The molecule has 0 spiro atoms. The van der Waals surface area contributed by atoms with Gasteiger partial charge in [-0.1, -0.05) is 51.1 Å². The maximum absolute atomic E-state index is 13.2. The summed E-state index contributed by atoms with van der Waals surface area (Å²) < 4.78 is 13.2. The van der Waals surface area contributed by atoms with E-state index in [1.165, 1.54) is 17.7 Å². The fraction of sp³-hybridized carbons (Fsp3) is 0.364. The molecule has 0 saturated carbocycles. The average molecular weight is 401 g/mol. The normalized spacial score (nSPS) is 17.1. The van der Waals surface area contributed by atoms with Crippen LogP contribution in [-0.4, -0.2) is 29.0 Å². The van der Waals surface area contributed by atoms with Crippen LogP contribution in [0.1, 0.15) is 43.7 Å². The smallest absolute Gasteiger partial charge is 0.233 e. The maximum atomic E-state index is 13.2. The Balaban J connectivity index is 1.63. The number of thioether (sulfide) groups is 1. The van der Waals surface area contributed by atoms with Crippen molar-refractivity contribution in [3.05, 3.63) is 65.5 Å². The lowest BCUT2D eigenvalue weighted by Gasteiger charge is -2.25. The first kappa shape index (κ1) is 20.4. The van der Waals surface area contributed by atoms with Gasteiger partial charge in [-0.25, -0.2) is 4.39 Å². The predicted molar refractivity (Wildman–Crippen MR) is 112 cm³/mol. The first-order valence-corrected chi connectivity index (χ1v) is 10.4. The van der Waals surface area contributed by atoms with Gasteiger partial charge in [-0.05, 0) is 34.7 Å². The molecule has 2 aromatic carbocycles. The van der Waals surface area contributed by atoms with Crippen LogP contribution in [-0.2, 0) is 15.0 Å². The number of halogens is 1. The Morgan fingerprint density at radius 1 is 1.21 bits per heavy atom. The van der Waals surface area contributed by atoms with Gasteiger partial charge >= 0.3 is 0 Å². The quantitative estimate of drug-likeness (QED) is 0.790. The summed E-state index contributed by atoms with van der Waals surface area (Å²) in [4.78, 5) is 26.3. The fourth-order valence-electron chi connectivity index (χ4n) is 3.13. The summed E-state index contributed by atoms with van der Waals surface area (Å²) in [5.41, 5.74) is 2.80. The number of carbonyl (C=O) groups is 2. The SMILES string of the molecule is CC(C)(C)c1ccc([C@H]2SCC(=O)N2CCC(=O)Nc2cccc(F)c2)cc1. The second-order valence-corrected chi connectivity index (χ2v) is 9.00. The number of hydrogen-bond acceptors (Lipinski definition) is 3. The van der Waals surface area contributed by atoms with Crippen LogP contribution in [0.4, 0.5) is 10.1 Å². The first-order chi connectivity index (χ1) is 13.2. The Hall–Kier alpha value is -2.34. The van der Waals surface area contributed by atoms with Gasteiger partial charge in [0.15, 0.2) is 0 Å². The molecular weight excluding hydrogens is 375 g/mol. The largest absolute Gasteiger partial charge is 0.326 e. The van der Waals surface area contributed by atoms with Gasteiger partial charge in [0.1, 0.15) is 11.2 Å². The molecule has 1 fully saturated rings. The molecule has 1 saturated heterocycles. The van der Waals surface area contributed by atoms with Crippen molar-refractivity contribution in [2.45, 2.75) is 38.0 Å². The van der Waals surface area contributed by atoms with E-state index in [9.17, 15) is 14.0 Å². The van der Waals surface area contributed by atoms with Crippen LogP contribution < -0.4 is 5.32 Å². The van der Waals surface area contributed by atoms with Crippen LogP contribution in [0.15, 0.2) is 48.5 Å². The van der Waals surface area contributed by atoms with Gasteiger partial charge in [-0.15, -0.1) is 11.8 Å². The number of nitrogens with one attached hydrogen (secondary N) is 1. The van der Waals surface area contributed by atoms with Gasteiger partial charge in [0.05, 0.1) is 5.75 Å². The van der Waals surface area contributed by atoms with Crippen LogP contribution in [0, 0.1) is 5.82 Å². The van der Waals surface area contributed by atoms with E-state index < -0.39 is 5.82 Å². The van der Waals surface area contributed by atoms with Gasteiger partial charge in [-0.2, -0.15) is 0 Å². The van der Waals surface area contributed by atoms with Gasteiger partial charge in [0, 0.05) is 18.7 Å². The minimum Gasteiger partial charge on any atom is -0.326 e. The molecule has 0 radical (unpaired) electrons. The van der Waals surface area contributed by atoms with E-state index in [0.717, 1.165) is 5.56 Å². The Morgan fingerprint density at radius 2 is 1.93 bits per heavy atom. The molecule has 6 heteroatoms. The molecule has 0 aromatic heterocycles. The number of anilines is 1. The minimum atomic E-state index is -0.400. The van der Waals surface area contributed by atoms with Crippen LogP contribution in [0.3, 0.4) is 0 Å². The molecular formula is C22H25FN2O2S. The topological polar surface area (TPSA) is 49.4 Å². The number of carbonyl (C=O) groups excluding carboxylic acids is 2. The number of benzene rings is 2. The zero-order valence-electron chi connectivity index (χ0n) is 16.4. The third kappa shape index (κ3) is 4.93. The zero-order valence-corrected chi connectivity index (χ0v) is 17.2. The number of amides is 2. The van der Waals surface area contributed by atoms with Crippen LogP contribution in [0.5, 0.6) is 0 Å². The number of hydrogen-bond donors (Lipinski definition) is 1. The summed E-state index contributed by atoms with van der Waals surface area (Å²) in [6, 6.07) is 14.1. The minimum absolute atomic E-state index is 0.0356. The Labute approximate surface area is 169 Å². The first-order valence-electron chi connectivity index (χ1n) is 9.31. The molecule has 0 bridgehead atoms. The lowest BCUT2D eigenvalue weighted by Crippen LogP contribution is -2.31. The molecule has 0 unspecified atom stereocenters. The van der Waals surface area contributed by atoms with Crippen LogP contribution >= 0.6 is 11.8 Å². The molecule has 28 heavy (non-hydrogen) atoms. The van der Waals surface area contributed by atoms with E-state index in [-0.39, 0.29) is 29.0 Å². The lowest BCUT2D eigenvalue weighted by molar-refractivity contribution is -0.128. The average Bonchev–Trinajstić information content (AvgIpc) is 3.00. The molecule has 1 aliphatic heterocycles. The molecule has 1 aliphatic rings. The molecule has 1 atom stereocenters. The molecule has 2 amide bonds. The predicted octanol–water partition coefficient (Wildman–Crippen LogP) is 4.73. The van der Waals surface area contributed by atoms with Crippen molar-refractivity contribution in [2.24, 2.45) is 0 Å². The van der Waals surface area contributed by atoms with Crippen LogP contribution in [0.2, 0.25) is 0 Å². The van der Waals surface area contributed by atoms with E-state index >= 15 is 0 Å². The highest BCUT2D eigenvalue weighted by molar-refractivity contribution is 8.00. The summed E-state index contributed by atoms with van der Waals surface area (Å²) in [6.07, 6.45) is 0.166. The highest BCUT2D eigenvalue weighted by Gasteiger charge is 2.33. The van der Waals surface area contributed by atoms with Crippen molar-refractivity contribution in [3.63, 3.8) is 0 Å². The molecule has 0 aliphatic carbocycles. The summed E-state index contributed by atoms with van der Waals surface area (Å²) in [5, 5.41) is 2.60. The summed E-state index contributed by atoms with van der Waals surface area (Å²) >= 11 is 1.58. The van der Waals surface area contributed by atoms with Gasteiger partial charge < -0.3 is 10.2 Å².